The number of carbonyl (C=O) groups excluding carboxylic acids is 4. The largest absolute Gasteiger partial charge is 0.444 e. The number of aldehydes is 2. The first-order valence-electron chi connectivity index (χ1n) is 16.5. The second-order valence-electron chi connectivity index (χ2n) is 15.0. The Bertz CT molecular complexity index is 1490. The molecule has 10 nitrogen and oxygen atoms in total. The first-order chi connectivity index (χ1) is 23.0. The molecule has 0 radical (unpaired) electrons. The molecule has 2 aromatic carbocycles. The maximum Gasteiger partial charge on any atom is 0.410 e. The highest BCUT2D eigenvalue weighted by Gasteiger charge is 2.43. The summed E-state index contributed by atoms with van der Waals surface area (Å²) in [6, 6.07) is 9.24. The molecule has 4 fully saturated rings. The van der Waals surface area contributed by atoms with E-state index in [0.29, 0.717) is 58.7 Å². The van der Waals surface area contributed by atoms with Gasteiger partial charge in [-0.3, -0.25) is 9.59 Å². The van der Waals surface area contributed by atoms with E-state index in [1.807, 2.05) is 52.5 Å². The Morgan fingerprint density at radius 1 is 0.714 bits per heavy atom. The van der Waals surface area contributed by atoms with Gasteiger partial charge in [-0.05, 0) is 89.8 Å². The molecule has 1 N–H and O–H groups in total. The molecule has 6 rings (SSSR count). The zero-order chi connectivity index (χ0) is 36.1. The van der Waals surface area contributed by atoms with E-state index in [1.165, 1.54) is 12.1 Å². The highest BCUT2D eigenvalue weighted by Crippen LogP contribution is 2.36. The van der Waals surface area contributed by atoms with Crippen molar-refractivity contribution in [2.24, 2.45) is 23.7 Å². The molecule has 4 saturated heterocycles. The molecular formula is C36H47Cl2FN4O6. The quantitative estimate of drug-likeness (QED) is 0.345. The van der Waals surface area contributed by atoms with Crippen LogP contribution in [-0.4, -0.2) is 98.1 Å². The molecule has 4 heterocycles. The summed E-state index contributed by atoms with van der Waals surface area (Å²) in [7, 11) is 0. The van der Waals surface area contributed by atoms with Crippen molar-refractivity contribution in [1.82, 2.24) is 15.1 Å². The van der Waals surface area contributed by atoms with Crippen LogP contribution >= 0.6 is 23.2 Å². The molecule has 0 aromatic heterocycles. The Morgan fingerprint density at radius 3 is 1.57 bits per heavy atom. The van der Waals surface area contributed by atoms with Crippen molar-refractivity contribution in [2.45, 2.75) is 52.7 Å². The summed E-state index contributed by atoms with van der Waals surface area (Å²) < 4.78 is 23.3. The number of nitrogens with zero attached hydrogens (tertiary/aromatic N) is 3. The topological polar surface area (TPSA) is 108 Å². The fourth-order valence-corrected chi connectivity index (χ4v) is 6.81. The molecule has 0 bridgehead atoms. The van der Waals surface area contributed by atoms with Crippen LogP contribution in [0.25, 0.3) is 0 Å². The Morgan fingerprint density at radius 2 is 1.14 bits per heavy atom. The number of hydrogen-bond donors (Lipinski definition) is 1. The maximum atomic E-state index is 12.5. The highest BCUT2D eigenvalue weighted by molar-refractivity contribution is 6.31. The standard InChI is InChI=1S/C18H23ClN2O3.C11H20N2O2.C7H4ClFO/c1-18(2,3)24-17(23)21-9-13-7-20(8-14(13)10-21)16-6-15(19)5-4-12(16)11-22;1-11(2,3)15-10(14)13-6-8-4-12-5-9(8)7-13;8-6-2-1-5(4-10)7(9)3-6/h4-6,11,13-14H,7-10H2,1-3H3;8-9,12H,4-7H2,1-3H3;1-4H. The number of rotatable bonds is 3. The summed E-state index contributed by atoms with van der Waals surface area (Å²) in [5, 5.41) is 4.28. The van der Waals surface area contributed by atoms with Gasteiger partial charge >= 0.3 is 12.2 Å². The van der Waals surface area contributed by atoms with Gasteiger partial charge in [-0.2, -0.15) is 0 Å². The lowest BCUT2D eigenvalue weighted by Crippen LogP contribution is -2.37. The van der Waals surface area contributed by atoms with E-state index in [9.17, 15) is 23.6 Å². The Kier molecular flexibility index (Phi) is 12.6. The lowest BCUT2D eigenvalue weighted by atomic mass is 10.0. The van der Waals surface area contributed by atoms with Crippen LogP contribution < -0.4 is 10.2 Å². The number of carbonyl (C=O) groups is 4. The third-order valence-corrected chi connectivity index (χ3v) is 9.20. The average molecular weight is 722 g/mol. The van der Waals surface area contributed by atoms with E-state index in [0.717, 1.165) is 57.3 Å². The van der Waals surface area contributed by atoms with Crippen molar-refractivity contribution >= 4 is 53.6 Å². The number of amides is 2. The second-order valence-corrected chi connectivity index (χ2v) is 15.9. The maximum absolute atomic E-state index is 12.5. The van der Waals surface area contributed by atoms with Gasteiger partial charge in [0.15, 0.2) is 12.6 Å². The summed E-state index contributed by atoms with van der Waals surface area (Å²) in [6.45, 7) is 18.2. The molecule has 0 aliphatic carbocycles. The minimum atomic E-state index is -0.581. The molecule has 4 aliphatic heterocycles. The lowest BCUT2D eigenvalue weighted by Gasteiger charge is -2.27. The smallest absolute Gasteiger partial charge is 0.410 e. The van der Waals surface area contributed by atoms with Gasteiger partial charge < -0.3 is 29.5 Å². The van der Waals surface area contributed by atoms with Gasteiger partial charge in [-0.25, -0.2) is 14.0 Å². The Balaban J connectivity index is 0.000000184. The number of hydrogen-bond acceptors (Lipinski definition) is 8. The number of fused-ring (bicyclic) bond motifs is 2. The average Bonchev–Trinajstić information content (AvgIpc) is 3.77. The van der Waals surface area contributed by atoms with Crippen molar-refractivity contribution in [3.63, 3.8) is 0 Å². The SMILES string of the molecule is CC(C)(C)OC(=O)N1CC2CN(c3cc(Cl)ccc3C=O)CC2C1.CC(C)(C)OC(=O)N1CC2CNCC2C1.O=Cc1ccc(Cl)cc1F. The van der Waals surface area contributed by atoms with Gasteiger partial charge in [-0.1, -0.05) is 23.2 Å². The zero-order valence-corrected chi connectivity index (χ0v) is 30.5. The summed E-state index contributed by atoms with van der Waals surface area (Å²) >= 11 is 11.5. The number of nitrogens with one attached hydrogen (secondary N) is 1. The number of benzene rings is 2. The van der Waals surface area contributed by atoms with Crippen LogP contribution in [0.4, 0.5) is 19.7 Å². The Labute approximate surface area is 298 Å². The van der Waals surface area contributed by atoms with Crippen LogP contribution in [0.3, 0.4) is 0 Å². The summed E-state index contributed by atoms with van der Waals surface area (Å²) in [6.07, 6.45) is 0.926. The summed E-state index contributed by atoms with van der Waals surface area (Å²) in [5.41, 5.74) is 0.719. The second kappa shape index (κ2) is 16.1. The highest BCUT2D eigenvalue weighted by atomic mass is 35.5. The molecule has 0 spiro atoms. The number of anilines is 1. The molecule has 49 heavy (non-hydrogen) atoms. The predicted octanol–water partition coefficient (Wildman–Crippen LogP) is 6.82. The van der Waals surface area contributed by atoms with Crippen molar-refractivity contribution in [3.05, 3.63) is 63.4 Å². The van der Waals surface area contributed by atoms with Crippen LogP contribution in [-0.2, 0) is 9.47 Å². The summed E-state index contributed by atoms with van der Waals surface area (Å²) in [4.78, 5) is 51.2. The van der Waals surface area contributed by atoms with Crippen molar-refractivity contribution in [1.29, 1.82) is 0 Å². The van der Waals surface area contributed by atoms with Gasteiger partial charge in [0, 0.05) is 85.5 Å². The Hall–Kier alpha value is -3.41. The van der Waals surface area contributed by atoms with Gasteiger partial charge in [0.1, 0.15) is 17.0 Å². The van der Waals surface area contributed by atoms with Gasteiger partial charge in [0.05, 0.1) is 5.56 Å². The zero-order valence-electron chi connectivity index (χ0n) is 29.0. The first kappa shape index (κ1) is 38.4. The minimum Gasteiger partial charge on any atom is -0.444 e. The van der Waals surface area contributed by atoms with E-state index in [-0.39, 0.29) is 23.4 Å². The molecule has 2 amide bonds. The van der Waals surface area contributed by atoms with Crippen LogP contribution in [0.15, 0.2) is 36.4 Å². The molecule has 2 aromatic rings. The molecule has 4 aliphatic rings. The summed E-state index contributed by atoms with van der Waals surface area (Å²) in [5.74, 6) is 1.49. The van der Waals surface area contributed by atoms with Crippen molar-refractivity contribution < 1.29 is 33.0 Å². The van der Waals surface area contributed by atoms with Crippen molar-refractivity contribution in [2.75, 3.05) is 57.3 Å². The number of likely N-dealkylation sites (tertiary alicyclic amines) is 2. The molecular weight excluding hydrogens is 674 g/mol. The molecule has 268 valence electrons. The third kappa shape index (κ3) is 10.8. The van der Waals surface area contributed by atoms with Crippen molar-refractivity contribution in [3.8, 4) is 0 Å². The first-order valence-corrected chi connectivity index (χ1v) is 17.3. The normalized spacial score (nSPS) is 22.7. The predicted molar refractivity (Wildman–Crippen MR) is 188 cm³/mol. The van der Waals surface area contributed by atoms with E-state index in [2.05, 4.69) is 10.2 Å². The van der Waals surface area contributed by atoms with E-state index >= 15 is 0 Å². The molecule has 13 heteroatoms. The van der Waals surface area contributed by atoms with Gasteiger partial charge in [0.25, 0.3) is 0 Å². The van der Waals surface area contributed by atoms with Crippen LogP contribution in [0.5, 0.6) is 0 Å². The lowest BCUT2D eigenvalue weighted by molar-refractivity contribution is 0.0272. The van der Waals surface area contributed by atoms with Crippen LogP contribution in [0.1, 0.15) is 62.3 Å². The third-order valence-electron chi connectivity index (χ3n) is 8.73. The van der Waals surface area contributed by atoms with Gasteiger partial charge in [-0.15, -0.1) is 0 Å². The van der Waals surface area contributed by atoms with E-state index in [1.54, 1.807) is 17.0 Å². The fraction of sp³-hybridized carbons (Fsp3) is 0.556. The molecule has 0 saturated carbocycles. The van der Waals surface area contributed by atoms with Crippen LogP contribution in [0.2, 0.25) is 10.0 Å². The fourth-order valence-electron chi connectivity index (χ4n) is 6.48. The van der Waals surface area contributed by atoms with E-state index in [4.69, 9.17) is 32.7 Å². The minimum absolute atomic E-state index is 0.0319. The van der Waals surface area contributed by atoms with Gasteiger partial charge in [0.2, 0.25) is 0 Å². The van der Waals surface area contributed by atoms with Crippen LogP contribution in [0, 0.1) is 29.5 Å². The monoisotopic (exact) mass is 720 g/mol. The number of ether oxygens (including phenoxy) is 2. The van der Waals surface area contributed by atoms with E-state index < -0.39 is 11.4 Å². The molecule has 4 unspecified atom stereocenters. The molecule has 4 atom stereocenters. The number of halogens is 3.